The van der Waals surface area contributed by atoms with Gasteiger partial charge in [-0.1, -0.05) is 0 Å². The molecular formula is C17H24N2O6. The maximum absolute atomic E-state index is 12.1. The number of amides is 2. The summed E-state index contributed by atoms with van der Waals surface area (Å²) in [4.78, 5) is 34.7. The van der Waals surface area contributed by atoms with Crippen molar-refractivity contribution >= 4 is 17.8 Å². The molecule has 0 atom stereocenters. The predicted molar refractivity (Wildman–Crippen MR) is 90.8 cm³/mol. The molecule has 8 heteroatoms. The number of nitrogens with one attached hydrogen (secondary N) is 2. The predicted octanol–water partition coefficient (Wildman–Crippen LogP) is 0.893. The lowest BCUT2D eigenvalue weighted by molar-refractivity contribution is -0.140. The van der Waals surface area contributed by atoms with Gasteiger partial charge in [-0.2, -0.15) is 0 Å². The summed E-state index contributed by atoms with van der Waals surface area (Å²) in [6, 6.07) is 4.75. The quantitative estimate of drug-likeness (QED) is 0.479. The van der Waals surface area contributed by atoms with Crippen LogP contribution in [0.15, 0.2) is 18.2 Å². The van der Waals surface area contributed by atoms with Crippen molar-refractivity contribution in [3.63, 3.8) is 0 Å². The monoisotopic (exact) mass is 352 g/mol. The summed E-state index contributed by atoms with van der Waals surface area (Å²) >= 11 is 0. The number of methoxy groups -OCH3 is 3. The molecule has 1 rings (SSSR count). The first-order chi connectivity index (χ1) is 12.0. The number of esters is 1. The van der Waals surface area contributed by atoms with Gasteiger partial charge >= 0.3 is 5.97 Å². The summed E-state index contributed by atoms with van der Waals surface area (Å²) in [5, 5.41) is 5.21. The molecule has 0 fully saturated rings. The Morgan fingerprint density at radius 1 is 0.960 bits per heavy atom. The first-order valence-corrected chi connectivity index (χ1v) is 7.85. The van der Waals surface area contributed by atoms with Gasteiger partial charge in [0.2, 0.25) is 5.91 Å². The Bertz CT molecular complexity index is 603. The standard InChI is InChI=1S/C17H24N2O6/c1-23-13-8-7-12(10-14(13)24-2)17(22)19-11-15(20)18-9-5-4-6-16(21)25-3/h7-8,10H,4-6,9,11H2,1-3H3,(H,18,20)(H,19,22). The van der Waals surface area contributed by atoms with Gasteiger partial charge in [0.15, 0.2) is 11.5 Å². The average molecular weight is 352 g/mol. The highest BCUT2D eigenvalue weighted by molar-refractivity contribution is 5.97. The smallest absolute Gasteiger partial charge is 0.305 e. The summed E-state index contributed by atoms with van der Waals surface area (Å²) in [6.45, 7) is 0.298. The van der Waals surface area contributed by atoms with E-state index >= 15 is 0 Å². The Morgan fingerprint density at radius 3 is 2.32 bits per heavy atom. The summed E-state index contributed by atoms with van der Waals surface area (Å²) < 4.78 is 14.8. The maximum Gasteiger partial charge on any atom is 0.305 e. The van der Waals surface area contributed by atoms with Gasteiger partial charge < -0.3 is 24.8 Å². The second-order valence-electron chi connectivity index (χ2n) is 5.14. The zero-order chi connectivity index (χ0) is 18.7. The van der Waals surface area contributed by atoms with E-state index in [1.807, 2.05) is 0 Å². The van der Waals surface area contributed by atoms with Gasteiger partial charge in [0, 0.05) is 18.5 Å². The van der Waals surface area contributed by atoms with Gasteiger partial charge in [-0.25, -0.2) is 0 Å². The van der Waals surface area contributed by atoms with E-state index in [-0.39, 0.29) is 24.3 Å². The van der Waals surface area contributed by atoms with E-state index in [4.69, 9.17) is 9.47 Å². The molecule has 0 saturated carbocycles. The lowest BCUT2D eigenvalue weighted by atomic mass is 10.2. The van der Waals surface area contributed by atoms with Gasteiger partial charge in [-0.15, -0.1) is 0 Å². The third-order valence-corrected chi connectivity index (χ3v) is 3.41. The van der Waals surface area contributed by atoms with Gasteiger partial charge in [-0.05, 0) is 31.0 Å². The van der Waals surface area contributed by atoms with E-state index in [0.717, 1.165) is 0 Å². The van der Waals surface area contributed by atoms with Crippen LogP contribution < -0.4 is 20.1 Å². The molecule has 25 heavy (non-hydrogen) atoms. The van der Waals surface area contributed by atoms with E-state index in [2.05, 4.69) is 15.4 Å². The van der Waals surface area contributed by atoms with Crippen molar-refractivity contribution in [2.45, 2.75) is 19.3 Å². The van der Waals surface area contributed by atoms with Gasteiger partial charge in [-0.3, -0.25) is 14.4 Å². The van der Waals surface area contributed by atoms with Crippen molar-refractivity contribution in [3.05, 3.63) is 23.8 Å². The molecule has 0 saturated heterocycles. The number of rotatable bonds is 10. The zero-order valence-corrected chi connectivity index (χ0v) is 14.7. The molecular weight excluding hydrogens is 328 g/mol. The minimum atomic E-state index is -0.387. The first kappa shape index (κ1) is 20.3. The van der Waals surface area contributed by atoms with Gasteiger partial charge in [0.25, 0.3) is 5.91 Å². The van der Waals surface area contributed by atoms with Crippen LogP contribution in [0.2, 0.25) is 0 Å². The number of unbranched alkanes of at least 4 members (excludes halogenated alkanes) is 1. The van der Waals surface area contributed by atoms with E-state index < -0.39 is 0 Å². The number of ether oxygens (including phenoxy) is 3. The van der Waals surface area contributed by atoms with Crippen LogP contribution in [0.4, 0.5) is 0 Å². The molecule has 8 nitrogen and oxygen atoms in total. The van der Waals surface area contributed by atoms with Gasteiger partial charge in [0.1, 0.15) is 0 Å². The fraction of sp³-hybridized carbons (Fsp3) is 0.471. The molecule has 0 spiro atoms. The van der Waals surface area contributed by atoms with Crippen molar-refractivity contribution in [1.82, 2.24) is 10.6 Å². The topological polar surface area (TPSA) is 103 Å². The van der Waals surface area contributed by atoms with E-state index in [9.17, 15) is 14.4 Å². The molecule has 0 aliphatic carbocycles. The molecule has 2 N–H and O–H groups in total. The van der Waals surface area contributed by atoms with Gasteiger partial charge in [0.05, 0.1) is 27.9 Å². The van der Waals surface area contributed by atoms with Crippen LogP contribution in [0.5, 0.6) is 11.5 Å². The largest absolute Gasteiger partial charge is 0.493 e. The lowest BCUT2D eigenvalue weighted by Crippen LogP contribution is -2.37. The Morgan fingerprint density at radius 2 is 1.68 bits per heavy atom. The van der Waals surface area contributed by atoms with Crippen LogP contribution in [-0.2, 0) is 14.3 Å². The van der Waals surface area contributed by atoms with Crippen LogP contribution in [0.3, 0.4) is 0 Å². The van der Waals surface area contributed by atoms with Crippen LogP contribution >= 0.6 is 0 Å². The number of hydrogen-bond donors (Lipinski definition) is 2. The molecule has 0 bridgehead atoms. The average Bonchev–Trinajstić information content (AvgIpc) is 2.64. The molecule has 0 heterocycles. The Kier molecular flexibility index (Phi) is 8.84. The first-order valence-electron chi connectivity index (χ1n) is 7.85. The van der Waals surface area contributed by atoms with Crippen LogP contribution in [-0.4, -0.2) is 52.2 Å². The molecule has 0 aliphatic rings. The molecule has 0 radical (unpaired) electrons. The second kappa shape index (κ2) is 10.9. The summed E-state index contributed by atoms with van der Waals surface area (Å²) in [5.74, 6) is -0.00356. The maximum atomic E-state index is 12.1. The SMILES string of the molecule is COC(=O)CCCCNC(=O)CNC(=O)c1ccc(OC)c(OC)c1. The highest BCUT2D eigenvalue weighted by Crippen LogP contribution is 2.27. The fourth-order valence-electron chi connectivity index (χ4n) is 2.03. The molecule has 1 aromatic carbocycles. The molecule has 0 unspecified atom stereocenters. The van der Waals surface area contributed by atoms with Crippen molar-refractivity contribution in [2.24, 2.45) is 0 Å². The van der Waals surface area contributed by atoms with Crippen molar-refractivity contribution in [1.29, 1.82) is 0 Å². The molecule has 1 aromatic rings. The molecule has 0 aliphatic heterocycles. The van der Waals surface area contributed by atoms with Crippen LogP contribution in [0, 0.1) is 0 Å². The van der Waals surface area contributed by atoms with E-state index in [1.165, 1.54) is 21.3 Å². The summed E-state index contributed by atoms with van der Waals surface area (Å²) in [7, 11) is 4.32. The van der Waals surface area contributed by atoms with Crippen LogP contribution in [0.1, 0.15) is 29.6 Å². The third-order valence-electron chi connectivity index (χ3n) is 3.41. The van der Waals surface area contributed by atoms with E-state index in [1.54, 1.807) is 18.2 Å². The normalized spacial score (nSPS) is 9.88. The molecule has 138 valence electrons. The van der Waals surface area contributed by atoms with Crippen molar-refractivity contribution in [3.8, 4) is 11.5 Å². The van der Waals surface area contributed by atoms with Crippen LogP contribution in [0.25, 0.3) is 0 Å². The van der Waals surface area contributed by atoms with E-state index in [0.29, 0.717) is 42.9 Å². The second-order valence-corrected chi connectivity index (χ2v) is 5.14. The molecule has 0 aromatic heterocycles. The third kappa shape index (κ3) is 7.11. The highest BCUT2D eigenvalue weighted by Gasteiger charge is 2.11. The minimum absolute atomic E-state index is 0.135. The number of carbonyl (C=O) groups excluding carboxylic acids is 3. The Balaban J connectivity index is 2.33. The Labute approximate surface area is 146 Å². The highest BCUT2D eigenvalue weighted by atomic mass is 16.5. The number of benzene rings is 1. The summed E-state index contributed by atoms with van der Waals surface area (Å²) in [6.07, 6.45) is 1.61. The lowest BCUT2D eigenvalue weighted by Gasteiger charge is -2.10. The number of carbonyl (C=O) groups is 3. The van der Waals surface area contributed by atoms with Crippen molar-refractivity contribution < 1.29 is 28.6 Å². The fourth-order valence-corrected chi connectivity index (χ4v) is 2.03. The molecule has 2 amide bonds. The number of hydrogen-bond acceptors (Lipinski definition) is 6. The summed E-state index contributed by atoms with van der Waals surface area (Å²) in [5.41, 5.74) is 0.364. The zero-order valence-electron chi connectivity index (χ0n) is 14.7. The van der Waals surface area contributed by atoms with Crippen molar-refractivity contribution in [2.75, 3.05) is 34.4 Å². The Hall–Kier alpha value is -2.77. The minimum Gasteiger partial charge on any atom is -0.493 e.